The Hall–Kier alpha value is -2.22. The summed E-state index contributed by atoms with van der Waals surface area (Å²) < 4.78 is 15.9. The molecule has 0 fully saturated rings. The Morgan fingerprint density at radius 2 is 2.07 bits per heavy atom. The van der Waals surface area contributed by atoms with Gasteiger partial charge in [0.05, 0.1) is 10.7 Å². The lowest BCUT2D eigenvalue weighted by atomic mass is 10.2. The maximum atomic E-state index is 13.3. The van der Waals surface area contributed by atoms with Gasteiger partial charge in [0.1, 0.15) is 16.8 Å². The van der Waals surface area contributed by atoms with Crippen molar-refractivity contribution >= 4 is 45.0 Å². The van der Waals surface area contributed by atoms with E-state index in [0.717, 1.165) is 11.1 Å². The summed E-state index contributed by atoms with van der Waals surface area (Å²) in [7, 11) is 0. The third-order valence-corrected chi connectivity index (χ3v) is 6.53. The lowest BCUT2D eigenvalue weighted by Crippen LogP contribution is -2.19. The predicted molar refractivity (Wildman–Crippen MR) is 109 cm³/mol. The molecule has 0 saturated heterocycles. The third-order valence-electron chi connectivity index (χ3n) is 3.98. The molecular weight excluding hydrogens is 405 g/mol. The van der Waals surface area contributed by atoms with Gasteiger partial charge in [-0.05, 0) is 36.2 Å². The highest BCUT2D eigenvalue weighted by atomic mass is 35.5. The van der Waals surface area contributed by atoms with Crippen molar-refractivity contribution in [3.63, 3.8) is 0 Å². The van der Waals surface area contributed by atoms with Gasteiger partial charge in [-0.25, -0.2) is 14.4 Å². The van der Waals surface area contributed by atoms with Gasteiger partial charge in [-0.2, -0.15) is 0 Å². The largest absolute Gasteiger partial charge is 0.277 e. The minimum absolute atomic E-state index is 0.202. The van der Waals surface area contributed by atoms with Gasteiger partial charge < -0.3 is 0 Å². The number of halogens is 2. The number of thioether (sulfide) groups is 1. The van der Waals surface area contributed by atoms with Crippen LogP contribution in [-0.2, 0) is 5.75 Å². The van der Waals surface area contributed by atoms with E-state index in [1.165, 1.54) is 46.1 Å². The van der Waals surface area contributed by atoms with Crippen LogP contribution in [0.25, 0.3) is 16.0 Å². The van der Waals surface area contributed by atoms with E-state index < -0.39 is 0 Å². The molecule has 0 saturated carbocycles. The molecule has 0 aliphatic rings. The van der Waals surface area contributed by atoms with Crippen LogP contribution in [0, 0.1) is 12.7 Å². The molecule has 2 aromatic heterocycles. The second-order valence-electron chi connectivity index (χ2n) is 5.88. The summed E-state index contributed by atoms with van der Waals surface area (Å²) in [4.78, 5) is 21.7. The summed E-state index contributed by atoms with van der Waals surface area (Å²) >= 11 is 9.03. The minimum atomic E-state index is -0.267. The van der Waals surface area contributed by atoms with Gasteiger partial charge in [-0.1, -0.05) is 47.6 Å². The highest BCUT2D eigenvalue weighted by Gasteiger charge is 2.15. The van der Waals surface area contributed by atoms with Crippen molar-refractivity contribution in [3.8, 4) is 5.69 Å². The van der Waals surface area contributed by atoms with Crippen molar-refractivity contribution in [2.45, 2.75) is 17.0 Å². The van der Waals surface area contributed by atoms with Crippen molar-refractivity contribution in [1.82, 2.24) is 14.5 Å². The Morgan fingerprint density at radius 1 is 1.26 bits per heavy atom. The maximum absolute atomic E-state index is 13.3. The zero-order valence-corrected chi connectivity index (χ0v) is 16.5. The first kappa shape index (κ1) is 18.2. The van der Waals surface area contributed by atoms with Gasteiger partial charge in [0.2, 0.25) is 0 Å². The molecule has 2 aromatic carbocycles. The lowest BCUT2D eigenvalue weighted by molar-refractivity contribution is 0.626. The molecule has 0 unspecified atom stereocenters. The summed E-state index contributed by atoms with van der Waals surface area (Å²) in [5.41, 5.74) is 2.58. The van der Waals surface area contributed by atoms with E-state index in [2.05, 4.69) is 9.97 Å². The highest BCUT2D eigenvalue weighted by molar-refractivity contribution is 8.00. The van der Waals surface area contributed by atoms with Gasteiger partial charge in [-0.3, -0.25) is 9.36 Å². The first-order valence-electron chi connectivity index (χ1n) is 8.04. The van der Waals surface area contributed by atoms with Crippen LogP contribution in [0.2, 0.25) is 5.02 Å². The van der Waals surface area contributed by atoms with E-state index in [0.29, 0.717) is 31.1 Å². The number of thiazole rings is 1. The molecule has 136 valence electrons. The molecule has 4 rings (SSSR count). The van der Waals surface area contributed by atoms with Crippen LogP contribution >= 0.6 is 34.7 Å². The molecule has 0 spiro atoms. The molecule has 4 aromatic rings. The van der Waals surface area contributed by atoms with Gasteiger partial charge in [0.25, 0.3) is 5.56 Å². The molecule has 4 nitrogen and oxygen atoms in total. The first-order valence-corrected chi connectivity index (χ1v) is 10.2. The summed E-state index contributed by atoms with van der Waals surface area (Å²) in [6.45, 7) is 1.89. The Labute approximate surface area is 167 Å². The van der Waals surface area contributed by atoms with Crippen LogP contribution in [0.1, 0.15) is 11.1 Å². The third kappa shape index (κ3) is 3.63. The molecular formula is C19H13ClFN3OS2. The van der Waals surface area contributed by atoms with Crippen LogP contribution in [0.5, 0.6) is 0 Å². The first-order chi connectivity index (χ1) is 13.0. The average molecular weight is 418 g/mol. The number of fused-ring (bicyclic) bond motifs is 1. The fourth-order valence-electron chi connectivity index (χ4n) is 2.72. The molecule has 0 aliphatic heterocycles. The molecule has 0 amide bonds. The molecule has 27 heavy (non-hydrogen) atoms. The number of nitrogens with zero attached hydrogens (tertiary/aromatic N) is 3. The van der Waals surface area contributed by atoms with Crippen LogP contribution in [-0.4, -0.2) is 14.5 Å². The summed E-state index contributed by atoms with van der Waals surface area (Å²) in [5, 5.41) is 0.489. The summed E-state index contributed by atoms with van der Waals surface area (Å²) in [6, 6.07) is 11.9. The average Bonchev–Trinajstić information content (AvgIpc) is 3.06. The standard InChI is InChI=1S/C19H13ClFN3OS2/c1-11-4-2-7-14(20)15(11)24-10-22-17-16(18(24)25)27-19(23-17)26-9-12-5-3-6-13(21)8-12/h2-8,10H,9H2,1H3. The van der Waals surface area contributed by atoms with Gasteiger partial charge >= 0.3 is 0 Å². The summed E-state index contributed by atoms with van der Waals surface area (Å²) in [6.07, 6.45) is 1.46. The fraction of sp³-hybridized carbons (Fsp3) is 0.105. The quantitative estimate of drug-likeness (QED) is 0.426. The van der Waals surface area contributed by atoms with E-state index in [1.54, 1.807) is 12.1 Å². The highest BCUT2D eigenvalue weighted by Crippen LogP contribution is 2.30. The van der Waals surface area contributed by atoms with Crippen molar-refractivity contribution in [2.24, 2.45) is 0 Å². The van der Waals surface area contributed by atoms with Crippen LogP contribution in [0.3, 0.4) is 0 Å². The number of rotatable bonds is 4. The van der Waals surface area contributed by atoms with E-state index in [1.807, 2.05) is 25.1 Å². The van der Waals surface area contributed by atoms with Gasteiger partial charge in [0.15, 0.2) is 9.99 Å². The van der Waals surface area contributed by atoms with Gasteiger partial charge in [-0.15, -0.1) is 11.3 Å². The molecule has 8 heteroatoms. The molecule has 0 aliphatic carbocycles. The lowest BCUT2D eigenvalue weighted by Gasteiger charge is -2.10. The zero-order chi connectivity index (χ0) is 19.0. The monoisotopic (exact) mass is 417 g/mol. The van der Waals surface area contributed by atoms with Crippen LogP contribution in [0.15, 0.2) is 57.9 Å². The second kappa shape index (κ2) is 7.42. The molecule has 0 N–H and O–H groups in total. The fourth-order valence-corrected chi connectivity index (χ4v) is 4.99. The normalized spacial score (nSPS) is 11.2. The molecule has 0 radical (unpaired) electrons. The Balaban J connectivity index is 1.69. The second-order valence-corrected chi connectivity index (χ2v) is 8.50. The minimum Gasteiger partial charge on any atom is -0.267 e. The van der Waals surface area contributed by atoms with Crippen molar-refractivity contribution in [3.05, 3.63) is 81.1 Å². The molecule has 0 atom stereocenters. The predicted octanol–water partition coefficient (Wildman–Crippen LogP) is 5.24. The Morgan fingerprint density at radius 3 is 2.85 bits per heavy atom. The van der Waals surface area contributed by atoms with E-state index in [-0.39, 0.29) is 11.4 Å². The number of benzene rings is 2. The number of aryl methyl sites for hydroxylation is 1. The number of hydrogen-bond acceptors (Lipinski definition) is 5. The maximum Gasteiger partial charge on any atom is 0.277 e. The van der Waals surface area contributed by atoms with Gasteiger partial charge in [0, 0.05) is 5.75 Å². The van der Waals surface area contributed by atoms with E-state index in [9.17, 15) is 9.18 Å². The molecule has 0 bridgehead atoms. The number of para-hydroxylation sites is 1. The van der Waals surface area contributed by atoms with E-state index in [4.69, 9.17) is 11.6 Å². The van der Waals surface area contributed by atoms with Crippen molar-refractivity contribution in [1.29, 1.82) is 0 Å². The smallest absolute Gasteiger partial charge is 0.267 e. The van der Waals surface area contributed by atoms with Crippen molar-refractivity contribution < 1.29 is 4.39 Å². The van der Waals surface area contributed by atoms with Crippen LogP contribution < -0.4 is 5.56 Å². The van der Waals surface area contributed by atoms with E-state index >= 15 is 0 Å². The molecule has 2 heterocycles. The zero-order valence-electron chi connectivity index (χ0n) is 14.1. The van der Waals surface area contributed by atoms with Crippen LogP contribution in [0.4, 0.5) is 4.39 Å². The number of hydrogen-bond donors (Lipinski definition) is 0. The number of aromatic nitrogens is 3. The Bertz CT molecular complexity index is 1190. The topological polar surface area (TPSA) is 47.8 Å². The van der Waals surface area contributed by atoms with Crippen molar-refractivity contribution in [2.75, 3.05) is 0 Å². The summed E-state index contributed by atoms with van der Waals surface area (Å²) in [5.74, 6) is 0.298. The Kier molecular flexibility index (Phi) is 4.99. The SMILES string of the molecule is Cc1cccc(Cl)c1-n1cnc2nc(SCc3cccc(F)c3)sc2c1=O.